The van der Waals surface area contributed by atoms with E-state index in [1.165, 1.54) is 5.56 Å². The Kier molecular flexibility index (Phi) is 2.35. The van der Waals surface area contributed by atoms with Gasteiger partial charge in [-0.25, -0.2) is 0 Å². The second-order valence-electron chi connectivity index (χ2n) is 8.45. The second-order valence-corrected chi connectivity index (χ2v) is 8.45. The third-order valence-electron chi connectivity index (χ3n) is 7.83. The fourth-order valence-electron chi connectivity index (χ4n) is 7.20. The number of methoxy groups -OCH3 is 1. The summed E-state index contributed by atoms with van der Waals surface area (Å²) < 4.78 is 5.19. The largest absolute Gasteiger partial charge is 0.631 e. The molecular weight excluding hydrogens is 316 g/mol. The van der Waals surface area contributed by atoms with Gasteiger partial charge in [0.05, 0.1) is 31.3 Å². The summed E-state index contributed by atoms with van der Waals surface area (Å²) in [7, 11) is 1.65. The number of hydroxylamine groups is 3. The molecule has 1 amide bonds. The van der Waals surface area contributed by atoms with Crippen molar-refractivity contribution in [2.45, 2.75) is 37.3 Å². The lowest BCUT2D eigenvalue weighted by atomic mass is 9.62. The molecule has 0 aromatic heterocycles. The zero-order chi connectivity index (χ0) is 17.0. The highest BCUT2D eigenvalue weighted by Gasteiger charge is 2.80. The van der Waals surface area contributed by atoms with Crippen LogP contribution in [-0.2, 0) is 4.79 Å². The number of anilines is 1. The van der Waals surface area contributed by atoms with Gasteiger partial charge >= 0.3 is 0 Å². The van der Waals surface area contributed by atoms with Gasteiger partial charge in [0, 0.05) is 30.7 Å². The smallest absolute Gasteiger partial charge is 0.233 e. The van der Waals surface area contributed by atoms with Crippen molar-refractivity contribution >= 4 is 11.6 Å². The number of benzene rings is 1. The lowest BCUT2D eigenvalue weighted by molar-refractivity contribution is -0.944. The summed E-state index contributed by atoms with van der Waals surface area (Å²) in [5.41, 5.74) is 1.26. The van der Waals surface area contributed by atoms with Gasteiger partial charge in [-0.2, -0.15) is 0 Å². The monoisotopic (exact) mass is 338 g/mol. The van der Waals surface area contributed by atoms with Gasteiger partial charge in [-0.3, -0.25) is 9.69 Å². The first-order chi connectivity index (χ1) is 12.1. The summed E-state index contributed by atoms with van der Waals surface area (Å²) in [6, 6.07) is 6.10. The van der Waals surface area contributed by atoms with Crippen LogP contribution in [0.25, 0.3) is 0 Å². The van der Waals surface area contributed by atoms with Crippen molar-refractivity contribution in [3.05, 3.63) is 41.1 Å². The minimum absolute atomic E-state index is 0.115. The molecule has 1 aliphatic carbocycles. The number of fused-ring (bicyclic) bond motifs is 3. The summed E-state index contributed by atoms with van der Waals surface area (Å²) in [5, 5.41) is 14.1. The van der Waals surface area contributed by atoms with Gasteiger partial charge < -0.3 is 14.6 Å². The SMILES string of the molecule is COc1ccc2c(c1)N1C(=O)C[C@@]34C=CC[N@+]5([O-])CC[C@H]2[C@H](CC3)[C@@]145. The highest BCUT2D eigenvalue weighted by Crippen LogP contribution is 2.73. The van der Waals surface area contributed by atoms with E-state index in [0.717, 1.165) is 30.7 Å². The molecule has 4 aliphatic heterocycles. The number of hydrogen-bond acceptors (Lipinski definition) is 3. The molecule has 2 saturated heterocycles. The van der Waals surface area contributed by atoms with E-state index < -0.39 is 5.66 Å². The molecule has 5 nitrogen and oxygen atoms in total. The van der Waals surface area contributed by atoms with Crippen LogP contribution in [-0.4, -0.2) is 36.4 Å². The Bertz CT molecular complexity index is 851. The van der Waals surface area contributed by atoms with Gasteiger partial charge in [0.1, 0.15) is 5.75 Å². The highest BCUT2D eigenvalue weighted by molar-refractivity contribution is 6.01. The first-order valence-electron chi connectivity index (χ1n) is 9.33. The summed E-state index contributed by atoms with van der Waals surface area (Å²) >= 11 is 0. The van der Waals surface area contributed by atoms with E-state index in [1.807, 2.05) is 17.0 Å². The van der Waals surface area contributed by atoms with E-state index in [-0.39, 0.29) is 21.9 Å². The molecule has 1 aromatic carbocycles. The minimum atomic E-state index is -0.624. The molecule has 3 fully saturated rings. The number of amides is 1. The normalized spacial score (nSPS) is 45.4. The molecule has 130 valence electrons. The Hall–Kier alpha value is -1.85. The van der Waals surface area contributed by atoms with Crippen molar-refractivity contribution in [3.63, 3.8) is 0 Å². The molecule has 0 unspecified atom stereocenters. The standard InChI is InChI=1S/C20H22N2O3/c1-25-13-3-4-15-14-6-10-22(24)9-2-7-19-8-5-16(14)20(19,22)21(17(15)11-13)18(23)12-19/h2-4,7,11,14,16H,5-6,8-10,12H2,1H3/t14-,16+,19-,20+,22+/m1/s1. The number of hydrogen-bond donors (Lipinski definition) is 0. The van der Waals surface area contributed by atoms with Crippen molar-refractivity contribution < 1.29 is 14.2 Å². The Morgan fingerprint density at radius 3 is 3.08 bits per heavy atom. The zero-order valence-electron chi connectivity index (χ0n) is 14.4. The molecule has 5 atom stereocenters. The minimum Gasteiger partial charge on any atom is -0.631 e. The zero-order valence-corrected chi connectivity index (χ0v) is 14.4. The average Bonchev–Trinajstić information content (AvgIpc) is 3.07. The van der Waals surface area contributed by atoms with E-state index in [1.54, 1.807) is 7.11 Å². The highest BCUT2D eigenvalue weighted by atomic mass is 16.6. The predicted octanol–water partition coefficient (Wildman–Crippen LogP) is 2.91. The molecule has 0 N–H and O–H groups in total. The maximum atomic E-state index is 14.1. The van der Waals surface area contributed by atoms with E-state index in [4.69, 9.17) is 4.74 Å². The fraction of sp³-hybridized carbons (Fsp3) is 0.550. The number of quaternary nitrogens is 1. The lowest BCUT2D eigenvalue weighted by Gasteiger charge is -2.69. The quantitative estimate of drug-likeness (QED) is 0.449. The molecule has 1 saturated carbocycles. The van der Waals surface area contributed by atoms with Crippen molar-refractivity contribution in [1.29, 1.82) is 0 Å². The van der Waals surface area contributed by atoms with Crippen LogP contribution in [0, 0.1) is 16.5 Å². The topological polar surface area (TPSA) is 52.6 Å². The van der Waals surface area contributed by atoms with Crippen LogP contribution in [0.3, 0.4) is 0 Å². The van der Waals surface area contributed by atoms with Crippen LogP contribution >= 0.6 is 0 Å². The Labute approximate surface area is 147 Å². The molecule has 5 heteroatoms. The maximum Gasteiger partial charge on any atom is 0.233 e. The van der Waals surface area contributed by atoms with E-state index in [9.17, 15) is 10.0 Å². The molecular formula is C20H22N2O3. The number of carbonyl (C=O) groups is 1. The molecule has 6 rings (SSSR count). The van der Waals surface area contributed by atoms with Crippen LogP contribution in [0.5, 0.6) is 5.75 Å². The molecule has 25 heavy (non-hydrogen) atoms. The van der Waals surface area contributed by atoms with Gasteiger partial charge in [-0.15, -0.1) is 0 Å². The lowest BCUT2D eigenvalue weighted by Crippen LogP contribution is -2.79. The number of rotatable bonds is 1. The number of carbonyl (C=O) groups excluding carboxylic acids is 1. The summed E-state index contributed by atoms with van der Waals surface area (Å²) in [4.78, 5) is 15.2. The van der Waals surface area contributed by atoms with Gasteiger partial charge in [0.15, 0.2) is 5.66 Å². The summed E-state index contributed by atoms with van der Waals surface area (Å²) in [6.45, 7) is 1.11. The Morgan fingerprint density at radius 2 is 2.24 bits per heavy atom. The predicted molar refractivity (Wildman–Crippen MR) is 92.8 cm³/mol. The molecule has 0 radical (unpaired) electrons. The second kappa shape index (κ2) is 4.10. The van der Waals surface area contributed by atoms with Gasteiger partial charge in [-0.05, 0) is 30.5 Å². The van der Waals surface area contributed by atoms with E-state index >= 15 is 0 Å². The number of nitrogens with zero attached hydrogens (tertiary/aromatic N) is 2. The van der Waals surface area contributed by atoms with Crippen molar-refractivity contribution in [1.82, 2.24) is 0 Å². The van der Waals surface area contributed by atoms with Gasteiger partial charge in [0.25, 0.3) is 0 Å². The first-order valence-corrected chi connectivity index (χ1v) is 9.33. The first kappa shape index (κ1) is 14.3. The van der Waals surface area contributed by atoms with Crippen molar-refractivity contribution in [2.24, 2.45) is 11.3 Å². The van der Waals surface area contributed by atoms with Crippen LogP contribution in [0.15, 0.2) is 30.4 Å². The maximum absolute atomic E-state index is 14.1. The van der Waals surface area contributed by atoms with E-state index in [2.05, 4.69) is 18.2 Å². The van der Waals surface area contributed by atoms with Crippen LogP contribution in [0.1, 0.15) is 37.2 Å². The average molecular weight is 338 g/mol. The molecule has 2 bridgehead atoms. The van der Waals surface area contributed by atoms with Crippen molar-refractivity contribution in [2.75, 3.05) is 25.1 Å². The molecule has 1 spiro atoms. The van der Waals surface area contributed by atoms with Crippen LogP contribution < -0.4 is 9.64 Å². The Morgan fingerprint density at radius 1 is 1.36 bits per heavy atom. The Balaban J connectivity index is 1.72. The third-order valence-corrected chi connectivity index (χ3v) is 7.83. The van der Waals surface area contributed by atoms with Crippen LogP contribution in [0.2, 0.25) is 0 Å². The van der Waals surface area contributed by atoms with Gasteiger partial charge in [0.2, 0.25) is 5.91 Å². The van der Waals surface area contributed by atoms with Crippen LogP contribution in [0.4, 0.5) is 5.69 Å². The number of piperidine rings is 1. The van der Waals surface area contributed by atoms with Crippen molar-refractivity contribution in [3.8, 4) is 5.75 Å². The molecule has 4 heterocycles. The summed E-state index contributed by atoms with van der Waals surface area (Å²) in [6.07, 6.45) is 7.69. The molecule has 5 aliphatic rings. The fourth-order valence-corrected chi connectivity index (χ4v) is 7.20. The third kappa shape index (κ3) is 1.27. The molecule has 1 aromatic rings. The summed E-state index contributed by atoms with van der Waals surface area (Å²) in [5.74, 6) is 1.53. The van der Waals surface area contributed by atoms with E-state index in [0.29, 0.717) is 25.4 Å². The van der Waals surface area contributed by atoms with Gasteiger partial charge in [-0.1, -0.05) is 12.1 Å². The number of ether oxygens (including phenoxy) is 1.